The molecule has 0 radical (unpaired) electrons. The minimum Gasteiger partial charge on any atom is -0.493 e. The average Bonchev–Trinajstić information content (AvgIpc) is 2.88. The Kier molecular flexibility index (Phi) is 8.46. The largest absolute Gasteiger partial charge is 0.493 e. The van der Waals surface area contributed by atoms with Crippen LogP contribution in [0.3, 0.4) is 0 Å². The molecule has 0 saturated heterocycles. The molecule has 2 aromatic rings. The van der Waals surface area contributed by atoms with Crippen molar-refractivity contribution in [2.75, 3.05) is 33.3 Å². The van der Waals surface area contributed by atoms with Crippen molar-refractivity contribution in [3.8, 4) is 11.5 Å². The highest BCUT2D eigenvalue weighted by molar-refractivity contribution is 5.91. The van der Waals surface area contributed by atoms with Crippen LogP contribution in [0.2, 0.25) is 0 Å². The van der Waals surface area contributed by atoms with Gasteiger partial charge in [0.1, 0.15) is 0 Å². The first-order chi connectivity index (χ1) is 18.2. The summed E-state index contributed by atoms with van der Waals surface area (Å²) >= 11 is 0. The number of hydrogen-bond donors (Lipinski definition) is 0. The van der Waals surface area contributed by atoms with Crippen LogP contribution >= 0.6 is 0 Å². The number of rotatable bonds is 5. The van der Waals surface area contributed by atoms with Gasteiger partial charge in [0.15, 0.2) is 11.5 Å². The van der Waals surface area contributed by atoms with Gasteiger partial charge in [0, 0.05) is 24.2 Å². The maximum Gasteiger partial charge on any atom is 0.416 e. The zero-order valence-corrected chi connectivity index (χ0v) is 21.6. The normalized spacial score (nSPS) is 17.3. The molecule has 2 amide bonds. The van der Waals surface area contributed by atoms with Crippen LogP contribution in [-0.2, 0) is 28.4 Å². The van der Waals surface area contributed by atoms with Gasteiger partial charge >= 0.3 is 24.5 Å². The smallest absolute Gasteiger partial charge is 0.416 e. The van der Waals surface area contributed by atoms with Gasteiger partial charge in [0.2, 0.25) is 0 Å². The lowest BCUT2D eigenvalue weighted by atomic mass is 9.90. The van der Waals surface area contributed by atoms with Crippen molar-refractivity contribution in [3.63, 3.8) is 0 Å². The fourth-order valence-electron chi connectivity index (χ4n) is 4.55. The van der Waals surface area contributed by atoms with E-state index < -0.39 is 59.9 Å². The Morgan fingerprint density at radius 2 is 1.41 bits per heavy atom. The molecule has 39 heavy (non-hydrogen) atoms. The number of fused-ring (bicyclic) bond motifs is 1. The van der Waals surface area contributed by atoms with E-state index in [1.165, 1.54) is 38.4 Å². The molecule has 0 fully saturated rings. The van der Waals surface area contributed by atoms with Gasteiger partial charge in [-0.2, -0.15) is 26.3 Å². The van der Waals surface area contributed by atoms with E-state index in [9.17, 15) is 35.9 Å². The molecule has 0 aromatic heterocycles. The summed E-state index contributed by atoms with van der Waals surface area (Å²) in [5.41, 5.74) is -2.90. The lowest BCUT2D eigenvalue weighted by molar-refractivity contribution is -0.143. The number of amides is 2. The zero-order valence-electron chi connectivity index (χ0n) is 21.6. The van der Waals surface area contributed by atoms with Crippen molar-refractivity contribution in [1.82, 2.24) is 4.90 Å². The first kappa shape index (κ1) is 29.7. The van der Waals surface area contributed by atoms with Gasteiger partial charge in [0.25, 0.3) is 0 Å². The lowest BCUT2D eigenvalue weighted by Crippen LogP contribution is -2.47. The van der Waals surface area contributed by atoms with Gasteiger partial charge < -0.3 is 18.9 Å². The molecule has 0 aliphatic carbocycles. The number of carbonyl (C=O) groups excluding carboxylic acids is 2. The number of carbonyl (C=O) groups is 2. The Hall–Kier alpha value is -3.84. The minimum absolute atomic E-state index is 0.00927. The van der Waals surface area contributed by atoms with E-state index in [2.05, 4.69) is 0 Å². The Balaban J connectivity index is 2.21. The van der Waals surface area contributed by atoms with Crippen molar-refractivity contribution < 1.29 is 54.9 Å². The Morgan fingerprint density at radius 3 is 1.87 bits per heavy atom. The number of alkyl halides is 6. The molecule has 1 heterocycles. The molecule has 2 unspecified atom stereocenters. The molecule has 14 heteroatoms. The molecular formula is C25H26F6N2O6. The van der Waals surface area contributed by atoms with Gasteiger partial charge in [0.05, 0.1) is 51.3 Å². The van der Waals surface area contributed by atoms with E-state index in [1.807, 2.05) is 0 Å². The van der Waals surface area contributed by atoms with Crippen molar-refractivity contribution in [2.24, 2.45) is 0 Å². The summed E-state index contributed by atoms with van der Waals surface area (Å²) in [4.78, 5) is 27.9. The fourth-order valence-corrected chi connectivity index (χ4v) is 4.55. The van der Waals surface area contributed by atoms with Gasteiger partial charge in [-0.15, -0.1) is 0 Å². The second-order valence-corrected chi connectivity index (χ2v) is 8.72. The molecule has 1 aliphatic heterocycles. The molecule has 0 bridgehead atoms. The SMILES string of the molecule is COC(=O)N(Cc1cc(C(F)(F)F)cc(C(F)(F)F)c1)C1CC(C)N(C(=O)OC)c2cc(OC)c(OC)cc21. The van der Waals surface area contributed by atoms with Crippen molar-refractivity contribution in [1.29, 1.82) is 0 Å². The van der Waals surface area contributed by atoms with Crippen LogP contribution in [0.5, 0.6) is 11.5 Å². The lowest BCUT2D eigenvalue weighted by Gasteiger charge is -2.42. The topological polar surface area (TPSA) is 77.5 Å². The summed E-state index contributed by atoms with van der Waals surface area (Å²) in [6, 6.07) is 2.48. The van der Waals surface area contributed by atoms with Crippen LogP contribution in [0.1, 0.15) is 41.6 Å². The molecule has 3 rings (SSSR count). The van der Waals surface area contributed by atoms with Crippen LogP contribution in [-0.4, -0.2) is 51.6 Å². The predicted molar refractivity (Wildman–Crippen MR) is 126 cm³/mol. The zero-order chi connectivity index (χ0) is 29.3. The summed E-state index contributed by atoms with van der Waals surface area (Å²) in [7, 11) is 4.92. The van der Waals surface area contributed by atoms with E-state index >= 15 is 0 Å². The van der Waals surface area contributed by atoms with Crippen LogP contribution in [0.4, 0.5) is 41.6 Å². The van der Waals surface area contributed by atoms with Crippen LogP contribution < -0.4 is 14.4 Å². The quantitative estimate of drug-likeness (QED) is 0.391. The maximum atomic E-state index is 13.5. The minimum atomic E-state index is -5.07. The van der Waals surface area contributed by atoms with Gasteiger partial charge in [-0.1, -0.05) is 0 Å². The Bertz CT molecular complexity index is 1200. The number of methoxy groups -OCH3 is 4. The molecule has 214 valence electrons. The highest BCUT2D eigenvalue weighted by atomic mass is 19.4. The summed E-state index contributed by atoms with van der Waals surface area (Å²) in [6.07, 6.45) is -11.8. The molecule has 0 saturated carbocycles. The van der Waals surface area contributed by atoms with Crippen molar-refractivity contribution in [3.05, 3.63) is 52.6 Å². The van der Waals surface area contributed by atoms with E-state index in [-0.39, 0.29) is 29.7 Å². The van der Waals surface area contributed by atoms with Gasteiger partial charge in [-0.05, 0) is 43.2 Å². The second kappa shape index (κ2) is 11.1. The summed E-state index contributed by atoms with van der Waals surface area (Å²) < 4.78 is 101. The van der Waals surface area contributed by atoms with E-state index in [1.54, 1.807) is 6.92 Å². The van der Waals surface area contributed by atoms with Crippen LogP contribution in [0.15, 0.2) is 30.3 Å². The maximum absolute atomic E-state index is 13.5. The molecule has 8 nitrogen and oxygen atoms in total. The van der Waals surface area contributed by atoms with E-state index in [0.29, 0.717) is 17.7 Å². The third-order valence-corrected chi connectivity index (χ3v) is 6.31. The average molecular weight is 564 g/mol. The third-order valence-electron chi connectivity index (χ3n) is 6.31. The van der Waals surface area contributed by atoms with E-state index in [4.69, 9.17) is 18.9 Å². The molecule has 0 N–H and O–H groups in total. The molecule has 1 aliphatic rings. The number of halogens is 6. The summed E-state index contributed by atoms with van der Waals surface area (Å²) in [6.45, 7) is 0.980. The number of nitrogens with zero attached hydrogens (tertiary/aromatic N) is 2. The van der Waals surface area contributed by atoms with Crippen molar-refractivity contribution in [2.45, 2.75) is 44.3 Å². The number of hydrogen-bond acceptors (Lipinski definition) is 6. The number of anilines is 1. The number of benzene rings is 2. The van der Waals surface area contributed by atoms with Gasteiger partial charge in [-0.25, -0.2) is 9.59 Å². The fraction of sp³-hybridized carbons (Fsp3) is 0.440. The first-order valence-electron chi connectivity index (χ1n) is 11.4. The summed E-state index contributed by atoms with van der Waals surface area (Å²) in [5, 5.41) is 0. The van der Waals surface area contributed by atoms with Gasteiger partial charge in [-0.3, -0.25) is 9.80 Å². The van der Waals surface area contributed by atoms with Crippen molar-refractivity contribution >= 4 is 17.9 Å². The van der Waals surface area contributed by atoms with E-state index in [0.717, 1.165) is 12.0 Å². The monoisotopic (exact) mass is 564 g/mol. The molecule has 2 aromatic carbocycles. The standard InChI is InChI=1S/C25H26F6N2O6/c1-13-6-18(17-10-20(36-2)21(37-3)11-19(17)33(13)23(35)39-5)32(22(34)38-4)12-14-7-15(24(26,27)28)9-16(8-14)25(29,30)31/h7-11,13,18H,6,12H2,1-5H3. The molecule has 2 atom stereocenters. The molecule has 0 spiro atoms. The molecular weight excluding hydrogens is 538 g/mol. The highest BCUT2D eigenvalue weighted by Crippen LogP contribution is 2.47. The van der Waals surface area contributed by atoms with Crippen LogP contribution in [0, 0.1) is 0 Å². The third kappa shape index (κ3) is 6.09. The Labute approximate surface area is 220 Å². The highest BCUT2D eigenvalue weighted by Gasteiger charge is 2.41. The first-order valence-corrected chi connectivity index (χ1v) is 11.4. The Morgan fingerprint density at radius 1 is 0.872 bits per heavy atom. The second-order valence-electron chi connectivity index (χ2n) is 8.72. The number of ether oxygens (including phenoxy) is 4. The predicted octanol–water partition coefficient (Wildman–Crippen LogP) is 6.42. The van der Waals surface area contributed by atoms with Crippen LogP contribution in [0.25, 0.3) is 0 Å². The summed E-state index contributed by atoms with van der Waals surface area (Å²) in [5.74, 6) is 0.444.